The highest BCUT2D eigenvalue weighted by Crippen LogP contribution is 2.28. The van der Waals surface area contributed by atoms with E-state index in [0.29, 0.717) is 6.54 Å². The number of rotatable bonds is 8. The normalized spacial score (nSPS) is 13.2. The van der Waals surface area contributed by atoms with E-state index in [9.17, 15) is 0 Å². The van der Waals surface area contributed by atoms with Crippen molar-refractivity contribution in [2.24, 2.45) is 5.73 Å². The lowest BCUT2D eigenvalue weighted by atomic mass is 10.2. The number of hydrogen-bond donors (Lipinski definition) is 2. The van der Waals surface area contributed by atoms with Gasteiger partial charge in [-0.2, -0.15) is 0 Å². The lowest BCUT2D eigenvalue weighted by molar-refractivity contribution is 0.297. The van der Waals surface area contributed by atoms with E-state index in [2.05, 4.69) is 51.4 Å². The molecule has 0 saturated heterocycles. The van der Waals surface area contributed by atoms with Crippen LogP contribution < -0.4 is 11.1 Å². The summed E-state index contributed by atoms with van der Waals surface area (Å²) < 4.78 is 1.16. The van der Waals surface area contributed by atoms with Gasteiger partial charge in [0.1, 0.15) is 0 Å². The summed E-state index contributed by atoms with van der Waals surface area (Å²) in [6.07, 6.45) is 0. The van der Waals surface area contributed by atoms with Crippen LogP contribution in [0, 0.1) is 0 Å². The zero-order valence-corrected chi connectivity index (χ0v) is 13.0. The molecule has 1 atom stereocenters. The average Bonchev–Trinajstić information content (AvgIpc) is 2.76. The molecule has 1 rings (SSSR count). The van der Waals surface area contributed by atoms with Gasteiger partial charge in [0.15, 0.2) is 0 Å². The van der Waals surface area contributed by atoms with Crippen LogP contribution in [0.25, 0.3) is 0 Å². The molecule has 0 radical (unpaired) electrons. The van der Waals surface area contributed by atoms with E-state index in [0.717, 1.165) is 30.7 Å². The van der Waals surface area contributed by atoms with Crippen molar-refractivity contribution in [3.8, 4) is 0 Å². The molecular weight excluding hydrogens is 298 g/mol. The predicted molar refractivity (Wildman–Crippen MR) is 79.6 cm³/mol. The van der Waals surface area contributed by atoms with Gasteiger partial charge in [0.05, 0.1) is 6.04 Å². The predicted octanol–water partition coefficient (Wildman–Crippen LogP) is 2.44. The van der Waals surface area contributed by atoms with Gasteiger partial charge in [-0.25, -0.2) is 0 Å². The summed E-state index contributed by atoms with van der Waals surface area (Å²) in [6, 6.07) is 2.34. The summed E-state index contributed by atoms with van der Waals surface area (Å²) >= 11 is 5.31. The third-order valence-electron chi connectivity index (χ3n) is 2.91. The molecule has 3 nitrogen and oxygen atoms in total. The smallest absolute Gasteiger partial charge is 0.0551 e. The average molecular weight is 320 g/mol. The molecule has 5 heteroatoms. The molecule has 17 heavy (non-hydrogen) atoms. The van der Waals surface area contributed by atoms with Crippen LogP contribution in [0.3, 0.4) is 0 Å². The zero-order valence-electron chi connectivity index (χ0n) is 10.6. The number of halogens is 1. The van der Waals surface area contributed by atoms with Crippen LogP contribution in [0.4, 0.5) is 0 Å². The van der Waals surface area contributed by atoms with Crippen LogP contribution in [-0.2, 0) is 0 Å². The minimum atomic E-state index is 0.264. The molecule has 0 fully saturated rings. The molecule has 0 bridgehead atoms. The number of hydrogen-bond acceptors (Lipinski definition) is 4. The van der Waals surface area contributed by atoms with Crippen molar-refractivity contribution in [3.05, 3.63) is 20.8 Å². The fraction of sp³-hybridized carbons (Fsp3) is 0.667. The number of nitrogens with zero attached hydrogens (tertiary/aromatic N) is 1. The Morgan fingerprint density at radius 1 is 1.47 bits per heavy atom. The van der Waals surface area contributed by atoms with E-state index in [4.69, 9.17) is 5.73 Å². The molecule has 0 amide bonds. The van der Waals surface area contributed by atoms with Gasteiger partial charge in [-0.05, 0) is 40.5 Å². The van der Waals surface area contributed by atoms with Crippen molar-refractivity contribution in [2.75, 3.05) is 32.7 Å². The Bertz CT molecular complexity index is 312. The number of thiophene rings is 1. The van der Waals surface area contributed by atoms with Crippen molar-refractivity contribution < 1.29 is 0 Å². The molecule has 1 aromatic heterocycles. The first-order valence-corrected chi connectivity index (χ1v) is 7.78. The fourth-order valence-corrected chi connectivity index (χ4v) is 3.51. The maximum atomic E-state index is 5.82. The summed E-state index contributed by atoms with van der Waals surface area (Å²) in [7, 11) is 0. The van der Waals surface area contributed by atoms with Crippen LogP contribution in [-0.4, -0.2) is 37.6 Å². The Hall–Kier alpha value is 0.0600. The van der Waals surface area contributed by atoms with E-state index in [1.54, 1.807) is 11.3 Å². The highest BCUT2D eigenvalue weighted by molar-refractivity contribution is 9.10. The molecule has 0 aromatic carbocycles. The van der Waals surface area contributed by atoms with Gasteiger partial charge in [-0.3, -0.25) is 0 Å². The highest BCUT2D eigenvalue weighted by Gasteiger charge is 2.13. The molecule has 1 unspecified atom stereocenters. The molecule has 0 aliphatic carbocycles. The van der Waals surface area contributed by atoms with Crippen LogP contribution in [0.15, 0.2) is 15.9 Å². The quantitative estimate of drug-likeness (QED) is 0.773. The van der Waals surface area contributed by atoms with E-state index >= 15 is 0 Å². The first kappa shape index (κ1) is 15.1. The summed E-state index contributed by atoms with van der Waals surface area (Å²) in [5.74, 6) is 0. The molecule has 0 saturated carbocycles. The van der Waals surface area contributed by atoms with Crippen LogP contribution >= 0.6 is 27.3 Å². The van der Waals surface area contributed by atoms with Crippen LogP contribution in [0.1, 0.15) is 24.8 Å². The van der Waals surface area contributed by atoms with Gasteiger partial charge in [0, 0.05) is 29.0 Å². The van der Waals surface area contributed by atoms with Crippen molar-refractivity contribution in [1.82, 2.24) is 10.2 Å². The van der Waals surface area contributed by atoms with Gasteiger partial charge in [0.2, 0.25) is 0 Å². The second-order valence-electron chi connectivity index (χ2n) is 3.90. The first-order valence-electron chi connectivity index (χ1n) is 6.11. The van der Waals surface area contributed by atoms with Crippen molar-refractivity contribution >= 4 is 27.3 Å². The minimum absolute atomic E-state index is 0.264. The molecule has 0 spiro atoms. The summed E-state index contributed by atoms with van der Waals surface area (Å²) in [5, 5.41) is 5.62. The van der Waals surface area contributed by atoms with E-state index in [1.807, 2.05) is 0 Å². The highest BCUT2D eigenvalue weighted by atomic mass is 79.9. The molecule has 3 N–H and O–H groups in total. The molecule has 0 aliphatic heterocycles. The Labute approximate surface area is 117 Å². The molecule has 0 aliphatic rings. The molecule has 1 aromatic rings. The molecule has 98 valence electrons. The summed E-state index contributed by atoms with van der Waals surface area (Å²) in [4.78, 5) is 3.70. The lowest BCUT2D eigenvalue weighted by Gasteiger charge is -2.21. The standard InChI is InChI=1S/C12H22BrN3S/c1-3-16(4-2)7-6-15-11(9-14)12-10(13)5-8-17-12/h5,8,11,15H,3-4,6-7,9,14H2,1-2H3. The van der Waals surface area contributed by atoms with E-state index < -0.39 is 0 Å². The van der Waals surface area contributed by atoms with Crippen LogP contribution in [0.5, 0.6) is 0 Å². The third-order valence-corrected chi connectivity index (χ3v) is 4.89. The maximum Gasteiger partial charge on any atom is 0.0551 e. The van der Waals surface area contributed by atoms with Gasteiger partial charge < -0.3 is 16.0 Å². The van der Waals surface area contributed by atoms with E-state index in [1.165, 1.54) is 4.88 Å². The number of nitrogens with one attached hydrogen (secondary N) is 1. The van der Waals surface area contributed by atoms with Gasteiger partial charge >= 0.3 is 0 Å². The van der Waals surface area contributed by atoms with Crippen LogP contribution in [0.2, 0.25) is 0 Å². The lowest BCUT2D eigenvalue weighted by Crippen LogP contribution is -2.35. The summed E-state index contributed by atoms with van der Waals surface area (Å²) in [5.41, 5.74) is 5.82. The third kappa shape index (κ3) is 4.67. The van der Waals surface area contributed by atoms with Gasteiger partial charge in [0.25, 0.3) is 0 Å². The second-order valence-corrected chi connectivity index (χ2v) is 5.70. The van der Waals surface area contributed by atoms with Crippen molar-refractivity contribution in [3.63, 3.8) is 0 Å². The van der Waals surface area contributed by atoms with Gasteiger partial charge in [-0.1, -0.05) is 13.8 Å². The summed E-state index contributed by atoms with van der Waals surface area (Å²) in [6.45, 7) is 9.29. The monoisotopic (exact) mass is 319 g/mol. The Kier molecular flexibility index (Phi) is 7.30. The van der Waals surface area contributed by atoms with Crippen molar-refractivity contribution in [2.45, 2.75) is 19.9 Å². The molecule has 1 heterocycles. The maximum absolute atomic E-state index is 5.82. The number of nitrogens with two attached hydrogens (primary N) is 1. The minimum Gasteiger partial charge on any atom is -0.329 e. The first-order chi connectivity index (χ1) is 8.22. The Balaban J connectivity index is 2.41. The van der Waals surface area contributed by atoms with Gasteiger partial charge in [-0.15, -0.1) is 11.3 Å². The molecular formula is C12H22BrN3S. The second kappa shape index (κ2) is 8.21. The largest absolute Gasteiger partial charge is 0.329 e. The zero-order chi connectivity index (χ0) is 12.7. The SMILES string of the molecule is CCN(CC)CCNC(CN)c1sccc1Br. The topological polar surface area (TPSA) is 41.3 Å². The van der Waals surface area contributed by atoms with Crippen molar-refractivity contribution in [1.29, 1.82) is 0 Å². The Morgan fingerprint density at radius 3 is 2.65 bits per heavy atom. The fourth-order valence-electron chi connectivity index (χ4n) is 1.77. The number of likely N-dealkylation sites (N-methyl/N-ethyl adjacent to an activating group) is 1. The van der Waals surface area contributed by atoms with E-state index in [-0.39, 0.29) is 6.04 Å². The Morgan fingerprint density at radius 2 is 2.18 bits per heavy atom.